The van der Waals surface area contributed by atoms with Crippen LogP contribution in [-0.2, 0) is 22.6 Å². The van der Waals surface area contributed by atoms with Gasteiger partial charge in [0.05, 0.1) is 6.54 Å². The first kappa shape index (κ1) is 22.7. The molecule has 0 aliphatic rings. The van der Waals surface area contributed by atoms with Crippen molar-refractivity contribution in [2.45, 2.75) is 59.7 Å². The predicted molar refractivity (Wildman–Crippen MR) is 108 cm³/mol. The van der Waals surface area contributed by atoms with Gasteiger partial charge in [0.25, 0.3) is 0 Å². The van der Waals surface area contributed by atoms with Gasteiger partial charge in [-0.3, -0.25) is 0 Å². The Bertz CT molecular complexity index is 757. The number of aryl methyl sites for hydroxylation is 1. The molecule has 27 heavy (non-hydrogen) atoms. The Morgan fingerprint density at radius 3 is 2.44 bits per heavy atom. The van der Waals surface area contributed by atoms with E-state index in [0.29, 0.717) is 13.0 Å². The van der Waals surface area contributed by atoms with Crippen molar-refractivity contribution in [3.8, 4) is 0 Å². The van der Waals surface area contributed by atoms with Crippen LogP contribution in [0, 0.1) is 6.92 Å². The molecule has 0 bridgehead atoms. The van der Waals surface area contributed by atoms with Crippen molar-refractivity contribution in [1.82, 2.24) is 10.2 Å². The molecule has 1 amide bonds. The number of amides is 1. The molecule has 1 aromatic heterocycles. The standard InChI is InChI=1S/C18H26N2O3.C3H6O/c1-12-15(11-20(5)6)22-14-9-7-8-13(16(12)14)10-19-17(21)23-18(2,3)4;1-2-3-4/h7-9H,10-11H2,1-6H3,(H,19,21);3H,2H2,1H3. The lowest BCUT2D eigenvalue weighted by atomic mass is 10.1. The zero-order valence-electron chi connectivity index (χ0n) is 17.5. The Morgan fingerprint density at radius 1 is 1.30 bits per heavy atom. The molecule has 0 saturated heterocycles. The van der Waals surface area contributed by atoms with Crippen LogP contribution in [0.15, 0.2) is 22.6 Å². The first-order chi connectivity index (χ1) is 12.6. The smallest absolute Gasteiger partial charge is 0.407 e. The number of carbonyl (C=O) groups is 2. The van der Waals surface area contributed by atoms with Crippen LogP contribution in [-0.4, -0.2) is 37.0 Å². The van der Waals surface area contributed by atoms with Crippen molar-refractivity contribution in [3.05, 3.63) is 35.1 Å². The Hall–Kier alpha value is -2.34. The van der Waals surface area contributed by atoms with Crippen LogP contribution in [0.1, 0.15) is 51.0 Å². The number of nitrogens with one attached hydrogen (secondary N) is 1. The SMILES string of the molecule is CCC=O.Cc1c(CN(C)C)oc2cccc(CNC(=O)OC(C)(C)C)c12. The van der Waals surface area contributed by atoms with Gasteiger partial charge in [0.1, 0.15) is 23.2 Å². The lowest BCUT2D eigenvalue weighted by Gasteiger charge is -2.19. The van der Waals surface area contributed by atoms with E-state index in [4.69, 9.17) is 9.15 Å². The molecule has 150 valence electrons. The summed E-state index contributed by atoms with van der Waals surface area (Å²) < 4.78 is 11.2. The molecular weight excluding hydrogens is 344 g/mol. The summed E-state index contributed by atoms with van der Waals surface area (Å²) in [6.07, 6.45) is 1.10. The second-order valence-corrected chi connectivity index (χ2v) is 7.61. The van der Waals surface area contributed by atoms with E-state index in [-0.39, 0.29) is 0 Å². The number of hydrogen-bond donors (Lipinski definition) is 1. The average molecular weight is 376 g/mol. The van der Waals surface area contributed by atoms with Gasteiger partial charge in [-0.1, -0.05) is 19.1 Å². The molecule has 2 aromatic rings. The third kappa shape index (κ3) is 7.43. The van der Waals surface area contributed by atoms with Crippen molar-refractivity contribution >= 4 is 23.3 Å². The van der Waals surface area contributed by atoms with E-state index in [2.05, 4.69) is 17.1 Å². The van der Waals surface area contributed by atoms with Crippen LogP contribution in [0.3, 0.4) is 0 Å². The highest BCUT2D eigenvalue weighted by Crippen LogP contribution is 2.29. The van der Waals surface area contributed by atoms with E-state index >= 15 is 0 Å². The maximum absolute atomic E-state index is 11.8. The Balaban J connectivity index is 0.000000828. The van der Waals surface area contributed by atoms with E-state index in [1.165, 1.54) is 0 Å². The van der Waals surface area contributed by atoms with E-state index < -0.39 is 11.7 Å². The summed E-state index contributed by atoms with van der Waals surface area (Å²) >= 11 is 0. The lowest BCUT2D eigenvalue weighted by molar-refractivity contribution is -0.107. The number of hydrogen-bond acceptors (Lipinski definition) is 5. The highest BCUT2D eigenvalue weighted by Gasteiger charge is 2.18. The van der Waals surface area contributed by atoms with Gasteiger partial charge in [-0.2, -0.15) is 0 Å². The highest BCUT2D eigenvalue weighted by molar-refractivity contribution is 5.86. The minimum Gasteiger partial charge on any atom is -0.459 e. The number of furan rings is 1. The lowest BCUT2D eigenvalue weighted by Crippen LogP contribution is -2.32. The van der Waals surface area contributed by atoms with Crippen LogP contribution in [0.4, 0.5) is 4.79 Å². The van der Waals surface area contributed by atoms with Gasteiger partial charge >= 0.3 is 6.09 Å². The van der Waals surface area contributed by atoms with Gasteiger partial charge in [0.15, 0.2) is 0 Å². The maximum Gasteiger partial charge on any atom is 0.407 e. The quantitative estimate of drug-likeness (QED) is 0.782. The predicted octanol–water partition coefficient (Wildman–Crippen LogP) is 4.42. The normalized spacial score (nSPS) is 11.1. The van der Waals surface area contributed by atoms with Gasteiger partial charge in [-0.15, -0.1) is 0 Å². The first-order valence-electron chi connectivity index (χ1n) is 9.14. The zero-order chi connectivity index (χ0) is 20.6. The molecule has 1 N–H and O–H groups in total. The maximum atomic E-state index is 11.8. The molecule has 1 aromatic carbocycles. The van der Waals surface area contributed by atoms with Crippen LogP contribution in [0.2, 0.25) is 0 Å². The minimum atomic E-state index is -0.499. The Kier molecular flexibility index (Phi) is 8.50. The molecule has 6 heteroatoms. The van der Waals surface area contributed by atoms with Gasteiger partial charge in [-0.05, 0) is 53.4 Å². The second kappa shape index (κ2) is 10.1. The Morgan fingerprint density at radius 2 is 1.93 bits per heavy atom. The molecule has 2 rings (SSSR count). The molecular formula is C21H32N2O4. The Labute approximate surface area is 161 Å². The summed E-state index contributed by atoms with van der Waals surface area (Å²) in [5.74, 6) is 0.953. The van der Waals surface area contributed by atoms with Crippen molar-refractivity contribution in [1.29, 1.82) is 0 Å². The number of rotatable bonds is 5. The minimum absolute atomic E-state index is 0.411. The summed E-state index contributed by atoms with van der Waals surface area (Å²) in [4.78, 5) is 23.1. The molecule has 6 nitrogen and oxygen atoms in total. The fourth-order valence-corrected chi connectivity index (χ4v) is 2.50. The monoisotopic (exact) mass is 376 g/mol. The fourth-order valence-electron chi connectivity index (χ4n) is 2.50. The summed E-state index contributed by atoms with van der Waals surface area (Å²) in [6, 6.07) is 5.90. The molecule has 0 spiro atoms. The number of nitrogens with zero attached hydrogens (tertiary/aromatic N) is 1. The number of benzene rings is 1. The van der Waals surface area contributed by atoms with Gasteiger partial charge in [-0.25, -0.2) is 4.79 Å². The van der Waals surface area contributed by atoms with Crippen molar-refractivity contribution in [2.75, 3.05) is 14.1 Å². The third-order valence-electron chi connectivity index (χ3n) is 3.59. The molecule has 0 radical (unpaired) electrons. The highest BCUT2D eigenvalue weighted by atomic mass is 16.6. The summed E-state index contributed by atoms with van der Waals surface area (Å²) in [7, 11) is 4.02. The van der Waals surface area contributed by atoms with Gasteiger partial charge in [0, 0.05) is 23.9 Å². The molecule has 0 aliphatic carbocycles. The van der Waals surface area contributed by atoms with Gasteiger partial charge in [0.2, 0.25) is 0 Å². The van der Waals surface area contributed by atoms with Crippen molar-refractivity contribution in [2.24, 2.45) is 0 Å². The third-order valence-corrected chi connectivity index (χ3v) is 3.59. The second-order valence-electron chi connectivity index (χ2n) is 7.61. The molecule has 0 fully saturated rings. The number of aldehydes is 1. The molecule has 0 aliphatic heterocycles. The van der Waals surface area contributed by atoms with Crippen LogP contribution in [0.5, 0.6) is 0 Å². The van der Waals surface area contributed by atoms with Crippen LogP contribution < -0.4 is 5.32 Å². The van der Waals surface area contributed by atoms with E-state index in [1.807, 2.05) is 60.0 Å². The zero-order valence-corrected chi connectivity index (χ0v) is 17.5. The summed E-state index contributed by atoms with van der Waals surface area (Å²) in [5.41, 5.74) is 2.50. The number of carbonyl (C=O) groups excluding carboxylic acids is 2. The van der Waals surface area contributed by atoms with Crippen LogP contribution in [0.25, 0.3) is 11.0 Å². The van der Waals surface area contributed by atoms with E-state index in [1.54, 1.807) is 0 Å². The number of alkyl carbamates (subject to hydrolysis) is 1. The summed E-state index contributed by atoms with van der Waals surface area (Å²) in [6.45, 7) is 10.6. The topological polar surface area (TPSA) is 71.8 Å². The molecule has 1 heterocycles. The number of fused-ring (bicyclic) bond motifs is 1. The molecule has 0 atom stereocenters. The van der Waals surface area contributed by atoms with E-state index in [9.17, 15) is 9.59 Å². The fraction of sp³-hybridized carbons (Fsp3) is 0.524. The largest absolute Gasteiger partial charge is 0.459 e. The number of ether oxygens (including phenoxy) is 1. The summed E-state index contributed by atoms with van der Waals surface area (Å²) in [5, 5.41) is 3.88. The van der Waals surface area contributed by atoms with E-state index in [0.717, 1.165) is 40.7 Å². The van der Waals surface area contributed by atoms with Crippen molar-refractivity contribution < 1.29 is 18.7 Å². The molecule has 0 saturated carbocycles. The van der Waals surface area contributed by atoms with Crippen LogP contribution >= 0.6 is 0 Å². The van der Waals surface area contributed by atoms with Crippen molar-refractivity contribution in [3.63, 3.8) is 0 Å². The molecule has 0 unspecified atom stereocenters. The first-order valence-corrected chi connectivity index (χ1v) is 9.14. The van der Waals surface area contributed by atoms with Gasteiger partial charge < -0.3 is 24.2 Å². The average Bonchev–Trinajstić information content (AvgIpc) is 2.87.